The molecule has 0 aliphatic heterocycles. The molecule has 0 saturated carbocycles. The smallest absolute Gasteiger partial charge is 0.191 e. The number of hydrogen-bond donors (Lipinski definition) is 2. The highest BCUT2D eigenvalue weighted by molar-refractivity contribution is 5.79. The van der Waals surface area contributed by atoms with Gasteiger partial charge in [-0.1, -0.05) is 26.7 Å². The Bertz CT molecular complexity index is 244. The Morgan fingerprint density at radius 3 is 2.45 bits per heavy atom. The molecule has 0 atom stereocenters. The Morgan fingerprint density at radius 1 is 1.15 bits per heavy atom. The summed E-state index contributed by atoms with van der Waals surface area (Å²) in [5.41, 5.74) is 0. The van der Waals surface area contributed by atoms with Crippen molar-refractivity contribution >= 4 is 5.96 Å². The maximum atomic E-state index is 5.06. The van der Waals surface area contributed by atoms with E-state index in [-0.39, 0.29) is 0 Å². The SMILES string of the molecule is CN=C(NCCCCC(C)C)NCCN(C)CCOC. The van der Waals surface area contributed by atoms with Crippen LogP contribution in [0, 0.1) is 5.92 Å². The maximum Gasteiger partial charge on any atom is 0.191 e. The lowest BCUT2D eigenvalue weighted by Gasteiger charge is -2.17. The van der Waals surface area contributed by atoms with Gasteiger partial charge in [0.1, 0.15) is 0 Å². The molecule has 0 aromatic rings. The van der Waals surface area contributed by atoms with E-state index in [1.54, 1.807) is 7.11 Å². The number of aliphatic imine (C=N–C) groups is 1. The highest BCUT2D eigenvalue weighted by Crippen LogP contribution is 2.04. The molecule has 20 heavy (non-hydrogen) atoms. The molecule has 5 heteroatoms. The first-order chi connectivity index (χ1) is 9.60. The van der Waals surface area contributed by atoms with Crippen molar-refractivity contribution in [3.8, 4) is 0 Å². The molecule has 2 N–H and O–H groups in total. The van der Waals surface area contributed by atoms with Crippen LogP contribution < -0.4 is 10.6 Å². The standard InChI is InChI=1S/C15H34N4O/c1-14(2)8-6-7-9-17-15(16-3)18-10-11-19(4)12-13-20-5/h14H,6-13H2,1-5H3,(H2,16,17,18). The predicted molar refractivity (Wildman–Crippen MR) is 87.4 cm³/mol. The van der Waals surface area contributed by atoms with Crippen LogP contribution in [0.25, 0.3) is 0 Å². The monoisotopic (exact) mass is 286 g/mol. The van der Waals surface area contributed by atoms with Gasteiger partial charge in [0, 0.05) is 40.3 Å². The van der Waals surface area contributed by atoms with Gasteiger partial charge < -0.3 is 20.3 Å². The Labute approximate surface area is 125 Å². The van der Waals surface area contributed by atoms with Crippen LogP contribution in [0.4, 0.5) is 0 Å². The number of guanidine groups is 1. The van der Waals surface area contributed by atoms with Gasteiger partial charge in [0.15, 0.2) is 5.96 Å². The van der Waals surface area contributed by atoms with Crippen molar-refractivity contribution in [3.63, 3.8) is 0 Å². The van der Waals surface area contributed by atoms with Crippen molar-refractivity contribution in [2.45, 2.75) is 33.1 Å². The van der Waals surface area contributed by atoms with Crippen molar-refractivity contribution in [3.05, 3.63) is 0 Å². The minimum Gasteiger partial charge on any atom is -0.383 e. The van der Waals surface area contributed by atoms with E-state index < -0.39 is 0 Å². The summed E-state index contributed by atoms with van der Waals surface area (Å²) in [6.45, 7) is 9.15. The highest BCUT2D eigenvalue weighted by Gasteiger charge is 2.00. The molecule has 0 radical (unpaired) electrons. The van der Waals surface area contributed by atoms with Crippen LogP contribution in [0.15, 0.2) is 4.99 Å². The fourth-order valence-corrected chi connectivity index (χ4v) is 1.83. The van der Waals surface area contributed by atoms with Crippen molar-refractivity contribution in [2.75, 3.05) is 54.0 Å². The second kappa shape index (κ2) is 13.2. The first-order valence-corrected chi connectivity index (χ1v) is 7.72. The van der Waals surface area contributed by atoms with Gasteiger partial charge in [-0.2, -0.15) is 0 Å². The van der Waals surface area contributed by atoms with Gasteiger partial charge >= 0.3 is 0 Å². The molecule has 0 aromatic heterocycles. The zero-order valence-corrected chi connectivity index (χ0v) is 14.0. The normalized spacial score (nSPS) is 12.2. The molecule has 0 amide bonds. The average molecular weight is 286 g/mol. The van der Waals surface area contributed by atoms with Crippen LogP contribution in [0.5, 0.6) is 0 Å². The molecule has 0 unspecified atom stereocenters. The Morgan fingerprint density at radius 2 is 1.85 bits per heavy atom. The number of rotatable bonds is 11. The summed E-state index contributed by atoms with van der Waals surface area (Å²) in [6, 6.07) is 0. The van der Waals surface area contributed by atoms with Gasteiger partial charge in [0.05, 0.1) is 6.61 Å². The van der Waals surface area contributed by atoms with E-state index in [1.807, 2.05) is 7.05 Å². The third kappa shape index (κ3) is 12.2. The largest absolute Gasteiger partial charge is 0.383 e. The van der Waals surface area contributed by atoms with E-state index in [1.165, 1.54) is 19.3 Å². The minimum atomic E-state index is 0.777. The fraction of sp³-hybridized carbons (Fsp3) is 0.933. The highest BCUT2D eigenvalue weighted by atomic mass is 16.5. The van der Waals surface area contributed by atoms with Crippen LogP contribution in [-0.2, 0) is 4.74 Å². The first kappa shape index (κ1) is 19.2. The average Bonchev–Trinajstić information content (AvgIpc) is 2.42. The Balaban J connectivity index is 3.57. The summed E-state index contributed by atoms with van der Waals surface area (Å²) < 4.78 is 5.06. The van der Waals surface area contributed by atoms with E-state index in [2.05, 4.69) is 41.4 Å². The maximum absolute atomic E-state index is 5.06. The summed E-state index contributed by atoms with van der Waals surface area (Å²) >= 11 is 0. The molecule has 0 aliphatic carbocycles. The quantitative estimate of drug-likeness (QED) is 0.344. The zero-order valence-electron chi connectivity index (χ0n) is 14.0. The molecule has 0 heterocycles. The minimum absolute atomic E-state index is 0.777. The first-order valence-electron chi connectivity index (χ1n) is 7.72. The molecule has 0 aliphatic rings. The third-order valence-electron chi connectivity index (χ3n) is 3.19. The second-order valence-electron chi connectivity index (χ2n) is 5.61. The second-order valence-corrected chi connectivity index (χ2v) is 5.61. The molecule has 0 saturated heterocycles. The fourth-order valence-electron chi connectivity index (χ4n) is 1.83. The van der Waals surface area contributed by atoms with Gasteiger partial charge in [-0.05, 0) is 19.4 Å². The van der Waals surface area contributed by atoms with Crippen molar-refractivity contribution in [2.24, 2.45) is 10.9 Å². The summed E-state index contributed by atoms with van der Waals surface area (Å²) in [6.07, 6.45) is 3.78. The van der Waals surface area contributed by atoms with E-state index in [0.717, 1.165) is 44.7 Å². The number of hydrogen-bond acceptors (Lipinski definition) is 3. The Kier molecular flexibility index (Phi) is 12.7. The molecule has 0 fully saturated rings. The van der Waals surface area contributed by atoms with Gasteiger partial charge in [-0.15, -0.1) is 0 Å². The molecular weight excluding hydrogens is 252 g/mol. The van der Waals surface area contributed by atoms with E-state index in [9.17, 15) is 0 Å². The topological polar surface area (TPSA) is 48.9 Å². The van der Waals surface area contributed by atoms with Crippen molar-refractivity contribution in [1.82, 2.24) is 15.5 Å². The number of methoxy groups -OCH3 is 1. The van der Waals surface area contributed by atoms with Crippen LogP contribution in [-0.4, -0.2) is 64.9 Å². The summed E-state index contributed by atoms with van der Waals surface area (Å²) in [5, 5.41) is 6.69. The molecule has 0 bridgehead atoms. The van der Waals surface area contributed by atoms with Crippen LogP contribution in [0.1, 0.15) is 33.1 Å². The van der Waals surface area contributed by atoms with Crippen LogP contribution >= 0.6 is 0 Å². The number of ether oxygens (including phenoxy) is 1. The molecular formula is C15H34N4O. The van der Waals surface area contributed by atoms with E-state index >= 15 is 0 Å². The number of likely N-dealkylation sites (N-methyl/N-ethyl adjacent to an activating group) is 1. The number of nitrogens with zero attached hydrogens (tertiary/aromatic N) is 2. The zero-order chi connectivity index (χ0) is 15.2. The lowest BCUT2D eigenvalue weighted by atomic mass is 10.1. The van der Waals surface area contributed by atoms with E-state index in [4.69, 9.17) is 4.74 Å². The molecule has 5 nitrogen and oxygen atoms in total. The Hall–Kier alpha value is -0.810. The molecule has 0 spiro atoms. The molecule has 0 aromatic carbocycles. The van der Waals surface area contributed by atoms with Gasteiger partial charge in [-0.25, -0.2) is 0 Å². The summed E-state index contributed by atoms with van der Waals surface area (Å²) in [7, 11) is 5.65. The van der Waals surface area contributed by atoms with Gasteiger partial charge in [0.25, 0.3) is 0 Å². The van der Waals surface area contributed by atoms with Crippen molar-refractivity contribution < 1.29 is 4.74 Å². The van der Waals surface area contributed by atoms with Crippen LogP contribution in [0.2, 0.25) is 0 Å². The van der Waals surface area contributed by atoms with Crippen LogP contribution in [0.3, 0.4) is 0 Å². The number of unbranched alkanes of at least 4 members (excludes halogenated alkanes) is 1. The number of nitrogens with one attached hydrogen (secondary N) is 2. The van der Waals surface area contributed by atoms with Gasteiger partial charge in [-0.3, -0.25) is 4.99 Å². The summed E-state index contributed by atoms with van der Waals surface area (Å²) in [4.78, 5) is 6.47. The molecule has 0 rings (SSSR count). The summed E-state index contributed by atoms with van der Waals surface area (Å²) in [5.74, 6) is 1.70. The molecule has 120 valence electrons. The van der Waals surface area contributed by atoms with E-state index in [0.29, 0.717) is 0 Å². The van der Waals surface area contributed by atoms with Crippen molar-refractivity contribution in [1.29, 1.82) is 0 Å². The van der Waals surface area contributed by atoms with Gasteiger partial charge in [0.2, 0.25) is 0 Å². The lowest BCUT2D eigenvalue weighted by Crippen LogP contribution is -2.41. The lowest BCUT2D eigenvalue weighted by molar-refractivity contribution is 0.162. The predicted octanol–water partition coefficient (Wildman–Crippen LogP) is 1.56. The third-order valence-corrected chi connectivity index (χ3v) is 3.19.